The highest BCUT2D eigenvalue weighted by molar-refractivity contribution is 7.98. The lowest BCUT2D eigenvalue weighted by Crippen LogP contribution is -2.22. The maximum absolute atomic E-state index is 12.5. The van der Waals surface area contributed by atoms with Crippen LogP contribution in [-0.4, -0.2) is 29.2 Å². The van der Waals surface area contributed by atoms with E-state index < -0.39 is 6.23 Å². The molecule has 2 unspecified atom stereocenters. The summed E-state index contributed by atoms with van der Waals surface area (Å²) in [6.45, 7) is 3.87. The molecule has 2 aromatic carbocycles. The van der Waals surface area contributed by atoms with Crippen molar-refractivity contribution < 1.29 is 9.90 Å². The fraction of sp³-hybridized carbons (Fsp3) is 0.250. The third-order valence-electron chi connectivity index (χ3n) is 4.72. The van der Waals surface area contributed by atoms with E-state index in [1.807, 2.05) is 36.6 Å². The first kappa shape index (κ1) is 19.3. The van der Waals surface area contributed by atoms with Crippen molar-refractivity contribution >= 4 is 40.9 Å². The second kappa shape index (κ2) is 7.65. The van der Waals surface area contributed by atoms with Crippen LogP contribution in [0.1, 0.15) is 45.6 Å². The highest BCUT2D eigenvalue weighted by Crippen LogP contribution is 2.42. The van der Waals surface area contributed by atoms with Gasteiger partial charge in [0.1, 0.15) is 0 Å². The number of aliphatic hydroxyl groups is 1. The zero-order valence-corrected chi connectivity index (χ0v) is 16.8. The highest BCUT2D eigenvalue weighted by Gasteiger charge is 2.37. The van der Waals surface area contributed by atoms with Crippen LogP contribution in [0.15, 0.2) is 47.9 Å². The van der Waals surface area contributed by atoms with E-state index in [2.05, 4.69) is 6.58 Å². The van der Waals surface area contributed by atoms with Gasteiger partial charge in [-0.2, -0.15) is 0 Å². The maximum Gasteiger partial charge on any atom is 0.256 e. The van der Waals surface area contributed by atoms with Crippen molar-refractivity contribution in [1.82, 2.24) is 4.90 Å². The molecule has 1 aliphatic rings. The fourth-order valence-corrected chi connectivity index (χ4v) is 4.14. The predicted molar refractivity (Wildman–Crippen MR) is 108 cm³/mol. The number of benzene rings is 2. The van der Waals surface area contributed by atoms with Crippen LogP contribution >= 0.6 is 35.0 Å². The number of halogens is 2. The molecule has 3 nitrogen and oxygen atoms in total. The summed E-state index contributed by atoms with van der Waals surface area (Å²) in [4.78, 5) is 14.9. The summed E-state index contributed by atoms with van der Waals surface area (Å²) in [5, 5.41) is 11.6. The van der Waals surface area contributed by atoms with E-state index in [1.165, 1.54) is 4.90 Å². The minimum Gasteiger partial charge on any atom is -0.369 e. The standard InChI is InChI=1S/C20H19Cl2NO2S/c1-4-5-13(11-6-7-16(21)17(22)8-11)14-9-12(26-3)10-15-18(14)20(25)23(2)19(15)24/h4,6-10,13,20,25H,1,5H2,2-3H3. The van der Waals surface area contributed by atoms with E-state index in [-0.39, 0.29) is 11.8 Å². The van der Waals surface area contributed by atoms with Crippen molar-refractivity contribution in [3.05, 3.63) is 75.3 Å². The Hall–Kier alpha value is -1.46. The Balaban J connectivity index is 2.23. The molecule has 3 rings (SSSR count). The summed E-state index contributed by atoms with van der Waals surface area (Å²) in [7, 11) is 1.61. The third kappa shape index (κ3) is 3.27. The summed E-state index contributed by atoms with van der Waals surface area (Å²) in [5.74, 6) is -0.256. The lowest BCUT2D eigenvalue weighted by atomic mass is 9.84. The largest absolute Gasteiger partial charge is 0.369 e. The summed E-state index contributed by atoms with van der Waals surface area (Å²) in [6.07, 6.45) is 3.48. The number of carbonyl (C=O) groups is 1. The second-order valence-electron chi connectivity index (χ2n) is 6.22. The Kier molecular flexibility index (Phi) is 5.68. The molecule has 0 saturated carbocycles. The molecule has 1 heterocycles. The molecule has 6 heteroatoms. The number of amides is 1. The lowest BCUT2D eigenvalue weighted by molar-refractivity contribution is 0.0298. The van der Waals surface area contributed by atoms with Gasteiger partial charge in [0.25, 0.3) is 5.91 Å². The Morgan fingerprint density at radius 3 is 2.65 bits per heavy atom. The quantitative estimate of drug-likeness (QED) is 0.525. The van der Waals surface area contributed by atoms with Gasteiger partial charge in [-0.1, -0.05) is 35.3 Å². The number of fused-ring (bicyclic) bond motifs is 1. The Labute approximate surface area is 167 Å². The Bertz CT molecular complexity index is 884. The predicted octanol–water partition coefficient (Wildman–Crippen LogP) is 5.50. The molecule has 0 aliphatic carbocycles. The number of thioether (sulfide) groups is 1. The zero-order chi connectivity index (χ0) is 19.0. The third-order valence-corrected chi connectivity index (χ3v) is 6.17. The van der Waals surface area contributed by atoms with Gasteiger partial charge in [0.15, 0.2) is 6.23 Å². The fourth-order valence-electron chi connectivity index (χ4n) is 3.35. The van der Waals surface area contributed by atoms with Crippen LogP contribution < -0.4 is 0 Å². The van der Waals surface area contributed by atoms with Crippen LogP contribution in [0, 0.1) is 0 Å². The van der Waals surface area contributed by atoms with Gasteiger partial charge in [-0.25, -0.2) is 0 Å². The Morgan fingerprint density at radius 1 is 1.31 bits per heavy atom. The molecular formula is C20H19Cl2NO2S. The highest BCUT2D eigenvalue weighted by atomic mass is 35.5. The maximum atomic E-state index is 12.5. The minimum atomic E-state index is -0.960. The van der Waals surface area contributed by atoms with Gasteiger partial charge in [0, 0.05) is 29.0 Å². The molecule has 0 radical (unpaired) electrons. The molecule has 136 valence electrons. The van der Waals surface area contributed by atoms with E-state index in [1.54, 1.807) is 24.9 Å². The number of rotatable bonds is 5. The SMILES string of the molecule is C=CCC(c1ccc(Cl)c(Cl)c1)c1cc(SC)cc2c1C(O)N(C)C2=O. The molecule has 1 aliphatic heterocycles. The van der Waals surface area contributed by atoms with Gasteiger partial charge >= 0.3 is 0 Å². The number of carbonyl (C=O) groups excluding carboxylic acids is 1. The zero-order valence-electron chi connectivity index (χ0n) is 14.5. The van der Waals surface area contributed by atoms with Gasteiger partial charge < -0.3 is 10.0 Å². The van der Waals surface area contributed by atoms with Crippen LogP contribution in [0.4, 0.5) is 0 Å². The van der Waals surface area contributed by atoms with Crippen molar-refractivity contribution in [2.75, 3.05) is 13.3 Å². The monoisotopic (exact) mass is 407 g/mol. The molecule has 0 spiro atoms. The van der Waals surface area contributed by atoms with Gasteiger partial charge in [-0.3, -0.25) is 4.79 Å². The average Bonchev–Trinajstić information content (AvgIpc) is 2.86. The van der Waals surface area contributed by atoms with Crippen LogP contribution in [0.2, 0.25) is 10.0 Å². The molecule has 0 aromatic heterocycles. The molecule has 1 amide bonds. The molecule has 2 atom stereocenters. The van der Waals surface area contributed by atoms with Crippen molar-refractivity contribution in [1.29, 1.82) is 0 Å². The number of hydrogen-bond acceptors (Lipinski definition) is 3. The van der Waals surface area contributed by atoms with Crippen molar-refractivity contribution in [3.8, 4) is 0 Å². The Morgan fingerprint density at radius 2 is 2.04 bits per heavy atom. The molecule has 0 fully saturated rings. The summed E-state index contributed by atoms with van der Waals surface area (Å²) >= 11 is 13.9. The normalized spacial score (nSPS) is 17.3. The summed E-state index contributed by atoms with van der Waals surface area (Å²) in [5.41, 5.74) is 3.09. The van der Waals surface area contributed by atoms with E-state index in [4.69, 9.17) is 23.2 Å². The van der Waals surface area contributed by atoms with E-state index in [0.717, 1.165) is 16.0 Å². The number of nitrogens with zero attached hydrogens (tertiary/aromatic N) is 1. The van der Waals surface area contributed by atoms with E-state index in [0.29, 0.717) is 27.6 Å². The van der Waals surface area contributed by atoms with Gasteiger partial charge in [0.2, 0.25) is 0 Å². The molecule has 0 saturated heterocycles. The first-order valence-corrected chi connectivity index (χ1v) is 10.1. The van der Waals surface area contributed by atoms with Crippen molar-refractivity contribution in [2.45, 2.75) is 23.5 Å². The minimum absolute atomic E-state index is 0.0860. The number of hydrogen-bond donors (Lipinski definition) is 1. The molecule has 2 aromatic rings. The number of allylic oxidation sites excluding steroid dienone is 1. The van der Waals surface area contributed by atoms with Crippen molar-refractivity contribution in [2.24, 2.45) is 0 Å². The van der Waals surface area contributed by atoms with Crippen LogP contribution in [0.25, 0.3) is 0 Å². The first-order valence-electron chi connectivity index (χ1n) is 8.12. The van der Waals surface area contributed by atoms with E-state index in [9.17, 15) is 9.90 Å². The smallest absolute Gasteiger partial charge is 0.256 e. The molecule has 1 N–H and O–H groups in total. The molecule has 0 bridgehead atoms. The number of aliphatic hydroxyl groups excluding tert-OH is 1. The van der Waals surface area contributed by atoms with Gasteiger partial charge in [-0.05, 0) is 48.1 Å². The summed E-state index contributed by atoms with van der Waals surface area (Å²) < 4.78 is 0. The van der Waals surface area contributed by atoms with Crippen molar-refractivity contribution in [3.63, 3.8) is 0 Å². The average molecular weight is 408 g/mol. The summed E-state index contributed by atoms with van der Waals surface area (Å²) in [6, 6.07) is 9.41. The van der Waals surface area contributed by atoms with Crippen LogP contribution in [-0.2, 0) is 0 Å². The van der Waals surface area contributed by atoms with Crippen LogP contribution in [0.5, 0.6) is 0 Å². The van der Waals surface area contributed by atoms with E-state index >= 15 is 0 Å². The van der Waals surface area contributed by atoms with Gasteiger partial charge in [0.05, 0.1) is 10.0 Å². The molecular weight excluding hydrogens is 389 g/mol. The van der Waals surface area contributed by atoms with Gasteiger partial charge in [-0.15, -0.1) is 18.3 Å². The lowest BCUT2D eigenvalue weighted by Gasteiger charge is -2.23. The first-order chi connectivity index (χ1) is 12.4. The topological polar surface area (TPSA) is 40.5 Å². The second-order valence-corrected chi connectivity index (χ2v) is 7.91. The molecule has 26 heavy (non-hydrogen) atoms. The van der Waals surface area contributed by atoms with Crippen LogP contribution in [0.3, 0.4) is 0 Å².